The fourth-order valence-electron chi connectivity index (χ4n) is 6.15. The predicted octanol–water partition coefficient (Wildman–Crippen LogP) is 2.14. The van der Waals surface area contributed by atoms with Crippen molar-refractivity contribution in [2.45, 2.75) is 95.8 Å². The zero-order chi connectivity index (χ0) is 34.5. The lowest BCUT2D eigenvalue weighted by molar-refractivity contribution is -0.133. The summed E-state index contributed by atoms with van der Waals surface area (Å²) in [6.07, 6.45) is 6.90. The van der Waals surface area contributed by atoms with Gasteiger partial charge in [-0.2, -0.15) is 0 Å². The number of rotatable bonds is 9. The van der Waals surface area contributed by atoms with Crippen molar-refractivity contribution in [2.24, 2.45) is 5.41 Å². The van der Waals surface area contributed by atoms with Gasteiger partial charge in [0.25, 0.3) is 5.91 Å². The average Bonchev–Trinajstić information content (AvgIpc) is 3.08. The molecule has 0 aromatic heterocycles. The number of hydrogen-bond donors (Lipinski definition) is 6. The maximum atomic E-state index is 13.8. The molecule has 48 heavy (non-hydrogen) atoms. The van der Waals surface area contributed by atoms with Crippen LogP contribution in [0.3, 0.4) is 0 Å². The SMILES string of the molecule is C[C@@H]1NC(=O)[C@H](CO)NC(=O)c2ccccc2OC[C@H](Cc2ccccc2)NC(=O)[C@H](CCCCNC(=O)C2(C)CCCCC2)NC1=O. The van der Waals surface area contributed by atoms with Gasteiger partial charge in [0.1, 0.15) is 30.5 Å². The molecule has 2 aliphatic rings. The summed E-state index contributed by atoms with van der Waals surface area (Å²) in [5.41, 5.74) is 0.759. The number of fused-ring (bicyclic) bond motifs is 1. The van der Waals surface area contributed by atoms with Crippen LogP contribution in [0.15, 0.2) is 54.6 Å². The first kappa shape index (κ1) is 36.4. The van der Waals surface area contributed by atoms with E-state index >= 15 is 0 Å². The monoisotopic (exact) mass is 663 g/mol. The number of aliphatic hydroxyl groups excluding tert-OH is 1. The summed E-state index contributed by atoms with van der Waals surface area (Å²) in [6.45, 7) is 3.25. The normalized spacial score (nSPS) is 23.7. The van der Waals surface area contributed by atoms with E-state index in [1.807, 2.05) is 37.3 Å². The number of nitrogens with one attached hydrogen (secondary N) is 5. The predicted molar refractivity (Wildman–Crippen MR) is 180 cm³/mol. The molecular formula is C36H49N5O7. The lowest BCUT2D eigenvalue weighted by Gasteiger charge is -2.32. The number of hydrogen-bond acceptors (Lipinski definition) is 7. The van der Waals surface area contributed by atoms with Crippen molar-refractivity contribution in [2.75, 3.05) is 19.8 Å². The number of para-hydroxylation sites is 1. The Hall–Kier alpha value is -4.45. The Morgan fingerprint density at radius 3 is 2.27 bits per heavy atom. The van der Waals surface area contributed by atoms with Crippen LogP contribution >= 0.6 is 0 Å². The summed E-state index contributed by atoms with van der Waals surface area (Å²) in [4.78, 5) is 66.0. The molecule has 1 heterocycles. The molecule has 0 radical (unpaired) electrons. The first-order chi connectivity index (χ1) is 23.1. The highest BCUT2D eigenvalue weighted by molar-refractivity contribution is 6.00. The van der Waals surface area contributed by atoms with E-state index in [2.05, 4.69) is 26.6 Å². The Morgan fingerprint density at radius 2 is 1.54 bits per heavy atom. The van der Waals surface area contributed by atoms with E-state index in [0.717, 1.165) is 37.7 Å². The van der Waals surface area contributed by atoms with Gasteiger partial charge in [0.05, 0.1) is 18.2 Å². The first-order valence-electron chi connectivity index (χ1n) is 17.0. The van der Waals surface area contributed by atoms with Crippen LogP contribution in [0, 0.1) is 5.41 Å². The van der Waals surface area contributed by atoms with Crippen molar-refractivity contribution in [1.82, 2.24) is 26.6 Å². The Labute approximate surface area is 282 Å². The molecule has 12 nitrogen and oxygen atoms in total. The first-order valence-corrected chi connectivity index (χ1v) is 17.0. The van der Waals surface area contributed by atoms with E-state index in [4.69, 9.17) is 4.74 Å². The minimum absolute atomic E-state index is 0.0106. The van der Waals surface area contributed by atoms with Gasteiger partial charge in [-0.3, -0.25) is 24.0 Å². The fraction of sp³-hybridized carbons (Fsp3) is 0.528. The molecule has 5 amide bonds. The molecule has 12 heteroatoms. The zero-order valence-electron chi connectivity index (χ0n) is 27.9. The van der Waals surface area contributed by atoms with E-state index in [0.29, 0.717) is 32.2 Å². The third kappa shape index (κ3) is 10.3. The van der Waals surface area contributed by atoms with Crippen LogP contribution in [0.2, 0.25) is 0 Å². The Balaban J connectivity index is 1.51. The van der Waals surface area contributed by atoms with Crippen molar-refractivity contribution < 1.29 is 33.8 Å². The molecule has 1 aliphatic heterocycles. The zero-order valence-corrected chi connectivity index (χ0v) is 27.9. The van der Waals surface area contributed by atoms with Gasteiger partial charge in [-0.05, 0) is 63.1 Å². The van der Waals surface area contributed by atoms with Crippen LogP contribution in [0.4, 0.5) is 0 Å². The molecule has 0 unspecified atom stereocenters. The molecule has 0 saturated heterocycles. The van der Waals surface area contributed by atoms with Crippen molar-refractivity contribution in [3.63, 3.8) is 0 Å². The van der Waals surface area contributed by atoms with E-state index in [-0.39, 0.29) is 29.2 Å². The van der Waals surface area contributed by atoms with Gasteiger partial charge >= 0.3 is 0 Å². The molecule has 4 atom stereocenters. The molecule has 2 aromatic rings. The molecule has 0 bridgehead atoms. The van der Waals surface area contributed by atoms with Crippen LogP contribution in [0.5, 0.6) is 5.75 Å². The van der Waals surface area contributed by atoms with Gasteiger partial charge in [-0.15, -0.1) is 0 Å². The van der Waals surface area contributed by atoms with Crippen molar-refractivity contribution in [3.05, 3.63) is 65.7 Å². The lowest BCUT2D eigenvalue weighted by Crippen LogP contribution is -2.57. The van der Waals surface area contributed by atoms with Crippen LogP contribution in [-0.4, -0.2) is 78.6 Å². The van der Waals surface area contributed by atoms with Gasteiger partial charge in [0.2, 0.25) is 23.6 Å². The second kappa shape index (κ2) is 17.6. The highest BCUT2D eigenvalue weighted by atomic mass is 16.5. The molecule has 1 aliphatic carbocycles. The molecule has 4 rings (SSSR count). The summed E-state index contributed by atoms with van der Waals surface area (Å²) in [5.74, 6) is -2.11. The number of ether oxygens (including phenoxy) is 1. The summed E-state index contributed by atoms with van der Waals surface area (Å²) in [6, 6.07) is 12.2. The fourth-order valence-corrected chi connectivity index (χ4v) is 6.15. The summed E-state index contributed by atoms with van der Waals surface area (Å²) in [7, 11) is 0. The third-order valence-corrected chi connectivity index (χ3v) is 9.14. The summed E-state index contributed by atoms with van der Waals surface area (Å²) >= 11 is 0. The molecule has 260 valence electrons. The quantitative estimate of drug-likeness (QED) is 0.223. The van der Waals surface area contributed by atoms with E-state index in [1.165, 1.54) is 13.0 Å². The molecule has 6 N–H and O–H groups in total. The highest BCUT2D eigenvalue weighted by Crippen LogP contribution is 2.35. The van der Waals surface area contributed by atoms with Crippen molar-refractivity contribution >= 4 is 29.5 Å². The third-order valence-electron chi connectivity index (χ3n) is 9.14. The van der Waals surface area contributed by atoms with E-state index < -0.39 is 54.4 Å². The van der Waals surface area contributed by atoms with E-state index in [9.17, 15) is 29.1 Å². The number of unbranched alkanes of at least 4 members (excludes halogenated alkanes) is 1. The van der Waals surface area contributed by atoms with Crippen LogP contribution in [0.1, 0.15) is 81.1 Å². The minimum Gasteiger partial charge on any atom is -0.491 e. The minimum atomic E-state index is -1.33. The topological polar surface area (TPSA) is 175 Å². The Kier molecular flexibility index (Phi) is 13.4. The van der Waals surface area contributed by atoms with Crippen LogP contribution in [0.25, 0.3) is 0 Å². The second-order valence-electron chi connectivity index (χ2n) is 13.1. The van der Waals surface area contributed by atoms with Crippen molar-refractivity contribution in [1.29, 1.82) is 0 Å². The molecule has 1 fully saturated rings. The number of carbonyl (C=O) groups is 5. The van der Waals surface area contributed by atoms with Crippen molar-refractivity contribution in [3.8, 4) is 5.75 Å². The van der Waals surface area contributed by atoms with E-state index in [1.54, 1.807) is 18.2 Å². The molecular weight excluding hydrogens is 614 g/mol. The lowest BCUT2D eigenvalue weighted by atomic mass is 9.75. The number of benzene rings is 2. The maximum absolute atomic E-state index is 13.8. The van der Waals surface area contributed by atoms with Gasteiger partial charge in [0, 0.05) is 12.0 Å². The smallest absolute Gasteiger partial charge is 0.255 e. The molecule has 0 spiro atoms. The largest absolute Gasteiger partial charge is 0.491 e. The Morgan fingerprint density at radius 1 is 0.854 bits per heavy atom. The number of aliphatic hydroxyl groups is 1. The number of amides is 5. The average molecular weight is 664 g/mol. The van der Waals surface area contributed by atoms with Gasteiger partial charge < -0.3 is 36.4 Å². The van der Waals surface area contributed by atoms with Gasteiger partial charge in [0.15, 0.2) is 0 Å². The highest BCUT2D eigenvalue weighted by Gasteiger charge is 2.34. The summed E-state index contributed by atoms with van der Waals surface area (Å²) < 4.78 is 6.09. The van der Waals surface area contributed by atoms with Gasteiger partial charge in [-0.25, -0.2) is 0 Å². The number of carbonyl (C=O) groups excluding carboxylic acids is 5. The molecule has 1 saturated carbocycles. The molecule has 2 aromatic carbocycles. The second-order valence-corrected chi connectivity index (χ2v) is 13.1. The Bertz CT molecular complexity index is 1410. The summed E-state index contributed by atoms with van der Waals surface area (Å²) in [5, 5.41) is 23.8. The maximum Gasteiger partial charge on any atom is 0.255 e. The standard InChI is InChI=1S/C36H49N5O7/c1-24-31(43)40-28(16-9-12-20-37-35(47)36(2)18-10-4-11-19-36)33(45)39-26(21-25-13-5-3-6-14-25)23-48-30-17-8-7-15-27(30)32(44)41-29(22-42)34(46)38-24/h3,5-8,13-15,17,24,26,28-29,42H,4,9-12,16,18-23H2,1-2H3,(H,37,47)(H,38,46)(H,39,45)(H,40,43)(H,41,44)/t24-,26-,28-,29-/m0/s1. The van der Waals surface area contributed by atoms with Crippen LogP contribution < -0.4 is 31.3 Å². The van der Waals surface area contributed by atoms with Crippen LogP contribution in [-0.2, 0) is 25.6 Å². The van der Waals surface area contributed by atoms with Gasteiger partial charge in [-0.1, -0.05) is 68.7 Å².